The molecule has 3 heteroatoms. The second kappa shape index (κ2) is 5.60. The first kappa shape index (κ1) is 9.83. The Balaban J connectivity index is 3.86. The molecule has 11 heavy (non-hydrogen) atoms. The molecule has 0 rings (SSSR count). The fraction of sp³-hybridized carbons (Fsp3) is 0.625. The van der Waals surface area contributed by atoms with E-state index in [9.17, 15) is 4.79 Å². The zero-order valence-corrected chi connectivity index (χ0v) is 7.05. The standard InChI is InChI=1S/C8H14N2O/c1-3-5-7-10(6-4-2)8(9)11/h3,5,7H2,1-2H3,(H2,9,11). The molecule has 0 aromatic rings. The minimum absolute atomic E-state index is 0.465. The number of rotatable bonds is 3. The molecule has 0 saturated heterocycles. The van der Waals surface area contributed by atoms with Gasteiger partial charge in [-0.1, -0.05) is 19.3 Å². The molecule has 2 amide bonds. The van der Waals surface area contributed by atoms with E-state index in [1.807, 2.05) is 0 Å². The molecule has 0 radical (unpaired) electrons. The summed E-state index contributed by atoms with van der Waals surface area (Å²) in [5.41, 5.74) is 5.05. The lowest BCUT2D eigenvalue weighted by atomic mass is 10.3. The molecule has 0 bridgehead atoms. The number of nitrogens with zero attached hydrogens (tertiary/aromatic N) is 1. The third kappa shape index (κ3) is 4.26. The van der Waals surface area contributed by atoms with Gasteiger partial charge in [-0.15, -0.1) is 0 Å². The van der Waals surface area contributed by atoms with Crippen LogP contribution in [0, 0.1) is 12.0 Å². The van der Waals surface area contributed by atoms with Crippen molar-refractivity contribution >= 4 is 6.03 Å². The molecular formula is C8H14N2O. The highest BCUT2D eigenvalue weighted by atomic mass is 16.2. The molecule has 0 aromatic heterocycles. The highest BCUT2D eigenvalue weighted by Gasteiger charge is 2.03. The minimum atomic E-state index is -0.465. The molecule has 0 aromatic carbocycles. The van der Waals surface area contributed by atoms with Crippen molar-refractivity contribution < 1.29 is 4.79 Å². The van der Waals surface area contributed by atoms with Crippen LogP contribution in [-0.2, 0) is 0 Å². The number of hydrogen-bond donors (Lipinski definition) is 1. The molecule has 0 aliphatic rings. The summed E-state index contributed by atoms with van der Waals surface area (Å²) in [7, 11) is 0. The van der Waals surface area contributed by atoms with Gasteiger partial charge in [0.05, 0.1) is 0 Å². The van der Waals surface area contributed by atoms with E-state index in [0.29, 0.717) is 6.54 Å². The van der Waals surface area contributed by atoms with Crippen molar-refractivity contribution in [1.82, 2.24) is 4.90 Å². The van der Waals surface area contributed by atoms with Crippen LogP contribution in [0.15, 0.2) is 0 Å². The van der Waals surface area contributed by atoms with Gasteiger partial charge in [0.1, 0.15) is 0 Å². The van der Waals surface area contributed by atoms with Gasteiger partial charge in [0.2, 0.25) is 0 Å². The Morgan fingerprint density at radius 1 is 1.64 bits per heavy atom. The summed E-state index contributed by atoms with van der Waals surface area (Å²) < 4.78 is 0. The monoisotopic (exact) mass is 154 g/mol. The molecule has 0 fully saturated rings. The van der Waals surface area contributed by atoms with Crippen molar-refractivity contribution in [1.29, 1.82) is 0 Å². The first-order chi connectivity index (χ1) is 5.22. The Morgan fingerprint density at radius 2 is 2.27 bits per heavy atom. The second-order valence-corrected chi connectivity index (χ2v) is 2.21. The van der Waals surface area contributed by atoms with Gasteiger partial charge >= 0.3 is 6.03 Å². The van der Waals surface area contributed by atoms with E-state index in [4.69, 9.17) is 5.73 Å². The molecule has 0 atom stereocenters. The van der Waals surface area contributed by atoms with Crippen LogP contribution in [-0.4, -0.2) is 17.5 Å². The van der Waals surface area contributed by atoms with Crippen molar-refractivity contribution in [2.45, 2.75) is 26.7 Å². The Morgan fingerprint density at radius 3 is 2.64 bits per heavy atom. The van der Waals surface area contributed by atoms with Crippen molar-refractivity contribution in [3.63, 3.8) is 0 Å². The van der Waals surface area contributed by atoms with E-state index in [1.165, 1.54) is 4.90 Å². The Hall–Kier alpha value is -1.17. The predicted molar refractivity (Wildman–Crippen MR) is 44.6 cm³/mol. The van der Waals surface area contributed by atoms with Gasteiger partial charge in [-0.3, -0.25) is 4.90 Å². The van der Waals surface area contributed by atoms with E-state index in [0.717, 1.165) is 12.8 Å². The molecule has 0 aliphatic carbocycles. The van der Waals surface area contributed by atoms with E-state index < -0.39 is 6.03 Å². The lowest BCUT2D eigenvalue weighted by molar-refractivity contribution is 0.227. The van der Waals surface area contributed by atoms with E-state index >= 15 is 0 Å². The number of nitrogens with two attached hydrogens (primary N) is 1. The second-order valence-electron chi connectivity index (χ2n) is 2.21. The van der Waals surface area contributed by atoms with Crippen molar-refractivity contribution in [2.75, 3.05) is 6.54 Å². The van der Waals surface area contributed by atoms with E-state index in [1.54, 1.807) is 6.92 Å². The fourth-order valence-electron chi connectivity index (χ4n) is 0.672. The number of carbonyl (C=O) groups is 1. The number of urea groups is 1. The van der Waals surface area contributed by atoms with E-state index in [-0.39, 0.29) is 0 Å². The molecule has 0 unspecified atom stereocenters. The molecule has 2 N–H and O–H groups in total. The van der Waals surface area contributed by atoms with Gasteiger partial charge in [-0.25, -0.2) is 4.79 Å². The summed E-state index contributed by atoms with van der Waals surface area (Å²) in [6.45, 7) is 4.37. The average Bonchev–Trinajstić information content (AvgIpc) is 1.97. The average molecular weight is 154 g/mol. The summed E-state index contributed by atoms with van der Waals surface area (Å²) in [4.78, 5) is 12.0. The molecule has 62 valence electrons. The van der Waals surface area contributed by atoms with Crippen LogP contribution in [0.3, 0.4) is 0 Å². The Labute approximate surface area is 67.6 Å². The quantitative estimate of drug-likeness (QED) is 0.481. The van der Waals surface area contributed by atoms with Crippen LogP contribution in [0.4, 0.5) is 4.79 Å². The summed E-state index contributed by atoms with van der Waals surface area (Å²) >= 11 is 0. The lowest BCUT2D eigenvalue weighted by Gasteiger charge is -2.10. The first-order valence-electron chi connectivity index (χ1n) is 3.71. The SMILES string of the molecule is CC#CN(CCCC)C(N)=O. The molecular weight excluding hydrogens is 140 g/mol. The number of hydrogen-bond acceptors (Lipinski definition) is 1. The summed E-state index contributed by atoms with van der Waals surface area (Å²) in [6.07, 6.45) is 1.98. The van der Waals surface area contributed by atoms with Crippen molar-refractivity contribution in [3.05, 3.63) is 0 Å². The van der Waals surface area contributed by atoms with E-state index in [2.05, 4.69) is 18.9 Å². The molecule has 0 spiro atoms. The maximum Gasteiger partial charge on any atom is 0.326 e. The molecule has 0 heterocycles. The smallest absolute Gasteiger partial charge is 0.326 e. The highest BCUT2D eigenvalue weighted by Crippen LogP contribution is 1.92. The summed E-state index contributed by atoms with van der Waals surface area (Å²) in [5, 5.41) is 0. The third-order valence-electron chi connectivity index (χ3n) is 1.25. The largest absolute Gasteiger partial charge is 0.351 e. The van der Waals surface area contributed by atoms with Crippen molar-refractivity contribution in [2.24, 2.45) is 5.73 Å². The summed E-state index contributed by atoms with van der Waals surface area (Å²) in [5.74, 6) is 2.63. The topological polar surface area (TPSA) is 46.3 Å². The van der Waals surface area contributed by atoms with Gasteiger partial charge in [0.15, 0.2) is 0 Å². The number of primary amides is 1. The Bertz CT molecular complexity index is 178. The Kier molecular flexibility index (Phi) is 5.01. The fourth-order valence-corrected chi connectivity index (χ4v) is 0.672. The van der Waals surface area contributed by atoms with Gasteiger partial charge < -0.3 is 5.73 Å². The zero-order chi connectivity index (χ0) is 8.69. The van der Waals surface area contributed by atoms with Crippen LogP contribution in [0.25, 0.3) is 0 Å². The zero-order valence-electron chi connectivity index (χ0n) is 7.05. The van der Waals surface area contributed by atoms with Crippen molar-refractivity contribution in [3.8, 4) is 12.0 Å². The van der Waals surface area contributed by atoms with Gasteiger partial charge in [0.25, 0.3) is 0 Å². The van der Waals surface area contributed by atoms with Crippen LogP contribution < -0.4 is 5.73 Å². The van der Waals surface area contributed by atoms with Gasteiger partial charge in [0, 0.05) is 12.6 Å². The molecule has 0 aliphatic heterocycles. The normalized spacial score (nSPS) is 8.18. The third-order valence-corrected chi connectivity index (χ3v) is 1.25. The lowest BCUT2D eigenvalue weighted by Crippen LogP contribution is -2.32. The van der Waals surface area contributed by atoms with Crippen LogP contribution >= 0.6 is 0 Å². The van der Waals surface area contributed by atoms with Crippen LogP contribution in [0.2, 0.25) is 0 Å². The van der Waals surface area contributed by atoms with Gasteiger partial charge in [-0.2, -0.15) is 0 Å². The van der Waals surface area contributed by atoms with Crippen LogP contribution in [0.1, 0.15) is 26.7 Å². The maximum atomic E-state index is 10.6. The first-order valence-corrected chi connectivity index (χ1v) is 3.71. The van der Waals surface area contributed by atoms with Crippen LogP contribution in [0.5, 0.6) is 0 Å². The minimum Gasteiger partial charge on any atom is -0.351 e. The number of unbranched alkanes of at least 4 members (excludes halogenated alkanes) is 1. The summed E-state index contributed by atoms with van der Waals surface area (Å²) in [6, 6.07) is 2.16. The predicted octanol–water partition coefficient (Wildman–Crippen LogP) is 1.15. The number of amides is 2. The van der Waals surface area contributed by atoms with Gasteiger partial charge in [-0.05, 0) is 13.3 Å². The maximum absolute atomic E-state index is 10.6. The molecule has 3 nitrogen and oxygen atoms in total. The molecule has 0 saturated carbocycles. The number of carbonyl (C=O) groups excluding carboxylic acids is 1. The highest BCUT2D eigenvalue weighted by molar-refractivity contribution is 5.74.